The predicted molar refractivity (Wildman–Crippen MR) is 84.4 cm³/mol. The van der Waals surface area contributed by atoms with Gasteiger partial charge in [-0.2, -0.15) is 0 Å². The number of hydrogen-bond donors (Lipinski definition) is 8. The molecule has 0 aromatic carbocycles. The van der Waals surface area contributed by atoms with Crippen molar-refractivity contribution in [2.75, 3.05) is 52.6 Å². The lowest BCUT2D eigenvalue weighted by Gasteiger charge is -2.26. The molecular weight excluding hydrogens is 320 g/mol. The Hall–Kier alpha value is -2.14. The molecule has 0 aromatic heterocycles. The van der Waals surface area contributed by atoms with Gasteiger partial charge in [-0.1, -0.05) is 0 Å². The number of hydrogen-bond acceptors (Lipinski definition) is 10. The molecule has 0 saturated heterocycles. The second-order valence-corrected chi connectivity index (χ2v) is 4.76. The molecule has 136 valence electrons. The monoisotopic (exact) mass is 344 g/mol. The highest BCUT2D eigenvalue weighted by molar-refractivity contribution is 6.24. The van der Waals surface area contributed by atoms with Crippen LogP contribution in [0, 0.1) is 0 Å². The van der Waals surface area contributed by atoms with Gasteiger partial charge in [0.05, 0.1) is 26.4 Å². The fourth-order valence-corrected chi connectivity index (χ4v) is 2.10. The molecule has 0 radical (unpaired) electrons. The van der Waals surface area contributed by atoms with Gasteiger partial charge in [0.1, 0.15) is 22.8 Å². The average Bonchev–Trinajstić information content (AvgIpc) is 2.59. The maximum Gasteiger partial charge on any atom is 0.229 e. The van der Waals surface area contributed by atoms with Crippen molar-refractivity contribution in [3.8, 4) is 0 Å². The largest absolute Gasteiger partial charge is 0.395 e. The van der Waals surface area contributed by atoms with Crippen molar-refractivity contribution in [3.05, 3.63) is 22.8 Å². The number of carbonyl (C=O) groups is 2. The molecule has 10 nitrogen and oxygen atoms in total. The first kappa shape index (κ1) is 19.9. The van der Waals surface area contributed by atoms with E-state index >= 15 is 0 Å². The summed E-state index contributed by atoms with van der Waals surface area (Å²) in [4.78, 5) is 25.3. The molecule has 0 atom stereocenters. The maximum absolute atomic E-state index is 12.7. The minimum Gasteiger partial charge on any atom is -0.395 e. The zero-order valence-electron chi connectivity index (χ0n) is 13.3. The second kappa shape index (κ2) is 10.6. The molecule has 1 aliphatic rings. The highest BCUT2D eigenvalue weighted by Gasteiger charge is 2.34. The van der Waals surface area contributed by atoms with E-state index in [2.05, 4.69) is 21.3 Å². The second-order valence-electron chi connectivity index (χ2n) is 4.76. The van der Waals surface area contributed by atoms with Gasteiger partial charge in [0.2, 0.25) is 11.6 Å². The predicted octanol–water partition coefficient (Wildman–Crippen LogP) is -4.11. The molecule has 10 heteroatoms. The highest BCUT2D eigenvalue weighted by Crippen LogP contribution is 2.19. The number of Topliss-reactive ketones (excluding diaryl/α,β-unsaturated/α-hetero) is 2. The third kappa shape index (κ3) is 4.93. The summed E-state index contributed by atoms with van der Waals surface area (Å²) in [5, 5.41) is 46.6. The molecule has 0 fully saturated rings. The molecule has 0 aliphatic heterocycles. The first-order valence-electron chi connectivity index (χ1n) is 7.59. The van der Waals surface area contributed by atoms with Gasteiger partial charge >= 0.3 is 0 Å². The molecule has 0 amide bonds. The van der Waals surface area contributed by atoms with Crippen molar-refractivity contribution >= 4 is 11.6 Å². The van der Waals surface area contributed by atoms with Crippen LogP contribution in [0.25, 0.3) is 0 Å². The van der Waals surface area contributed by atoms with Crippen LogP contribution in [0.4, 0.5) is 0 Å². The van der Waals surface area contributed by atoms with E-state index < -0.39 is 11.6 Å². The molecule has 0 spiro atoms. The van der Waals surface area contributed by atoms with Crippen LogP contribution in [-0.2, 0) is 9.59 Å². The minimum absolute atomic E-state index is 0.0301. The van der Waals surface area contributed by atoms with Gasteiger partial charge in [-0.05, 0) is 0 Å². The van der Waals surface area contributed by atoms with E-state index in [-0.39, 0.29) is 75.4 Å². The van der Waals surface area contributed by atoms with Crippen LogP contribution >= 0.6 is 0 Å². The fourth-order valence-electron chi connectivity index (χ4n) is 2.10. The molecule has 0 saturated carbocycles. The summed E-state index contributed by atoms with van der Waals surface area (Å²) < 4.78 is 0. The van der Waals surface area contributed by atoms with Gasteiger partial charge in [-0.3, -0.25) is 9.59 Å². The summed E-state index contributed by atoms with van der Waals surface area (Å²) in [6.45, 7) is -0.713. The molecular formula is C14H24N4O6. The van der Waals surface area contributed by atoms with Gasteiger partial charge < -0.3 is 41.7 Å². The Balaban J connectivity index is 3.21. The van der Waals surface area contributed by atoms with Crippen LogP contribution in [0.2, 0.25) is 0 Å². The summed E-state index contributed by atoms with van der Waals surface area (Å²) in [6, 6.07) is 0. The number of rotatable bonds is 12. The molecule has 0 bridgehead atoms. The van der Waals surface area contributed by atoms with Crippen LogP contribution in [0.1, 0.15) is 0 Å². The quantitative estimate of drug-likeness (QED) is 0.163. The summed E-state index contributed by atoms with van der Waals surface area (Å²) in [5.41, 5.74) is -0.120. The molecule has 0 unspecified atom stereocenters. The Kier molecular flexibility index (Phi) is 8.79. The molecule has 24 heavy (non-hydrogen) atoms. The Morgan fingerprint density at radius 1 is 0.500 bits per heavy atom. The van der Waals surface area contributed by atoms with Crippen molar-refractivity contribution in [3.63, 3.8) is 0 Å². The topological polar surface area (TPSA) is 163 Å². The van der Waals surface area contributed by atoms with E-state index in [1.54, 1.807) is 0 Å². The average molecular weight is 344 g/mol. The lowest BCUT2D eigenvalue weighted by molar-refractivity contribution is -0.117. The summed E-state index contributed by atoms with van der Waals surface area (Å²) >= 11 is 0. The Morgan fingerprint density at radius 3 is 0.875 bits per heavy atom. The van der Waals surface area contributed by atoms with E-state index in [1.165, 1.54) is 0 Å². The van der Waals surface area contributed by atoms with Crippen molar-refractivity contribution in [2.45, 2.75) is 0 Å². The number of nitrogens with one attached hydrogen (secondary N) is 4. The summed E-state index contributed by atoms with van der Waals surface area (Å²) in [6.07, 6.45) is 0. The van der Waals surface area contributed by atoms with Crippen molar-refractivity contribution < 1.29 is 30.0 Å². The highest BCUT2D eigenvalue weighted by atomic mass is 16.3. The van der Waals surface area contributed by atoms with Crippen LogP contribution in [0.5, 0.6) is 0 Å². The first-order chi connectivity index (χ1) is 11.6. The maximum atomic E-state index is 12.7. The first-order valence-corrected chi connectivity index (χ1v) is 7.59. The number of ketones is 2. The third-order valence-corrected chi connectivity index (χ3v) is 3.06. The van der Waals surface area contributed by atoms with E-state index in [4.69, 9.17) is 20.4 Å². The molecule has 0 aromatic rings. The van der Waals surface area contributed by atoms with Gasteiger partial charge in [0.25, 0.3) is 0 Å². The van der Waals surface area contributed by atoms with Crippen LogP contribution in [0.3, 0.4) is 0 Å². The van der Waals surface area contributed by atoms with E-state index in [1.807, 2.05) is 0 Å². The summed E-state index contributed by atoms with van der Waals surface area (Å²) in [7, 11) is 0. The number of aliphatic hydroxyl groups is 4. The smallest absolute Gasteiger partial charge is 0.229 e. The number of aliphatic hydroxyl groups excluding tert-OH is 4. The minimum atomic E-state index is -0.530. The molecule has 0 heterocycles. The third-order valence-electron chi connectivity index (χ3n) is 3.06. The standard InChI is InChI=1S/C14H24N4O6/c19-5-1-15-9-10(16-2-6-20)14(24)12(18-4-8-22)11(13(9)23)17-3-7-21/h15-22H,1-8H2. The van der Waals surface area contributed by atoms with Crippen molar-refractivity contribution in [1.29, 1.82) is 0 Å². The van der Waals surface area contributed by atoms with Gasteiger partial charge in [-0.25, -0.2) is 0 Å². The van der Waals surface area contributed by atoms with Crippen LogP contribution < -0.4 is 21.3 Å². The van der Waals surface area contributed by atoms with E-state index in [0.717, 1.165) is 0 Å². The van der Waals surface area contributed by atoms with Crippen molar-refractivity contribution in [1.82, 2.24) is 21.3 Å². The van der Waals surface area contributed by atoms with Gasteiger partial charge in [-0.15, -0.1) is 0 Å². The lowest BCUT2D eigenvalue weighted by atomic mass is 9.98. The number of carbonyl (C=O) groups excluding carboxylic acids is 2. The fraction of sp³-hybridized carbons (Fsp3) is 0.571. The lowest BCUT2D eigenvalue weighted by Crippen LogP contribution is -2.45. The Labute approximate surface area is 139 Å². The molecule has 1 aliphatic carbocycles. The van der Waals surface area contributed by atoms with E-state index in [0.29, 0.717) is 0 Å². The van der Waals surface area contributed by atoms with Crippen LogP contribution in [0.15, 0.2) is 22.8 Å². The van der Waals surface area contributed by atoms with Gasteiger partial charge in [0.15, 0.2) is 0 Å². The van der Waals surface area contributed by atoms with Crippen molar-refractivity contribution in [2.24, 2.45) is 0 Å². The zero-order chi connectivity index (χ0) is 17.9. The van der Waals surface area contributed by atoms with E-state index in [9.17, 15) is 9.59 Å². The SMILES string of the molecule is O=C1C(NCCO)=C(NCCO)C(=O)C(NCCO)=C1NCCO. The molecule has 8 N–H and O–H groups in total. The zero-order valence-corrected chi connectivity index (χ0v) is 13.3. The summed E-state index contributed by atoms with van der Waals surface area (Å²) in [5.74, 6) is -1.06. The molecule has 1 rings (SSSR count). The normalized spacial score (nSPS) is 15.0. The Bertz CT molecular complexity index is 431. The Morgan fingerprint density at radius 2 is 0.708 bits per heavy atom. The van der Waals surface area contributed by atoms with Gasteiger partial charge in [0, 0.05) is 26.2 Å². The van der Waals surface area contributed by atoms with Crippen LogP contribution in [-0.4, -0.2) is 84.6 Å².